The fourth-order valence-corrected chi connectivity index (χ4v) is 1.61. The number of esters is 1. The van der Waals surface area contributed by atoms with E-state index in [1.165, 1.54) is 36.4 Å². The number of halogens is 1. The molecule has 0 aliphatic carbocycles. The third-order valence-electron chi connectivity index (χ3n) is 2.57. The molecule has 0 unspecified atom stereocenters. The van der Waals surface area contributed by atoms with Crippen molar-refractivity contribution in [2.45, 2.75) is 6.92 Å². The van der Waals surface area contributed by atoms with Crippen molar-refractivity contribution in [1.29, 1.82) is 0 Å². The SMILES string of the molecule is CCOC(=O)c1cccc(C(=O)Nc2ccc(F)cc2)n1. The number of carbonyl (C=O) groups excluding carboxylic acids is 2. The molecule has 0 atom stereocenters. The standard InChI is InChI=1S/C15H13FN2O3/c1-2-21-15(20)13-5-3-4-12(18-13)14(19)17-11-8-6-10(16)7-9-11/h3-9H,2H2,1H3,(H,17,19). The molecule has 1 heterocycles. The molecule has 0 spiro atoms. The van der Waals surface area contributed by atoms with Crippen LogP contribution in [-0.2, 0) is 4.74 Å². The molecule has 1 amide bonds. The van der Waals surface area contributed by atoms with Crippen LogP contribution < -0.4 is 5.32 Å². The van der Waals surface area contributed by atoms with E-state index in [-0.39, 0.29) is 18.0 Å². The molecule has 2 rings (SSSR count). The summed E-state index contributed by atoms with van der Waals surface area (Å²) in [5.74, 6) is -1.47. The smallest absolute Gasteiger partial charge is 0.356 e. The van der Waals surface area contributed by atoms with Gasteiger partial charge in [-0.2, -0.15) is 0 Å². The Labute approximate surface area is 120 Å². The molecule has 6 heteroatoms. The zero-order valence-electron chi connectivity index (χ0n) is 11.3. The van der Waals surface area contributed by atoms with Gasteiger partial charge in [0.1, 0.15) is 17.2 Å². The Morgan fingerprint density at radius 2 is 1.81 bits per heavy atom. The molecule has 0 bridgehead atoms. The number of nitrogens with zero attached hydrogens (tertiary/aromatic N) is 1. The lowest BCUT2D eigenvalue weighted by molar-refractivity contribution is 0.0519. The molecular weight excluding hydrogens is 275 g/mol. The van der Waals surface area contributed by atoms with Gasteiger partial charge < -0.3 is 10.1 Å². The van der Waals surface area contributed by atoms with Gasteiger partial charge in [-0.15, -0.1) is 0 Å². The van der Waals surface area contributed by atoms with Crippen molar-refractivity contribution in [2.75, 3.05) is 11.9 Å². The third-order valence-corrected chi connectivity index (χ3v) is 2.57. The van der Waals surface area contributed by atoms with Gasteiger partial charge in [0.05, 0.1) is 6.61 Å². The fourth-order valence-electron chi connectivity index (χ4n) is 1.61. The van der Waals surface area contributed by atoms with Crippen molar-refractivity contribution < 1.29 is 18.7 Å². The van der Waals surface area contributed by atoms with E-state index in [1.807, 2.05) is 0 Å². The largest absolute Gasteiger partial charge is 0.461 e. The number of ether oxygens (including phenoxy) is 1. The molecule has 2 aromatic rings. The van der Waals surface area contributed by atoms with E-state index in [0.717, 1.165) is 0 Å². The molecule has 0 aliphatic heterocycles. The Morgan fingerprint density at radius 3 is 2.48 bits per heavy atom. The predicted molar refractivity (Wildman–Crippen MR) is 74.5 cm³/mol. The van der Waals surface area contributed by atoms with Crippen molar-refractivity contribution in [3.8, 4) is 0 Å². The molecule has 1 aromatic heterocycles. The second-order valence-corrected chi connectivity index (χ2v) is 4.09. The van der Waals surface area contributed by atoms with Gasteiger partial charge in [0.2, 0.25) is 0 Å². The van der Waals surface area contributed by atoms with Crippen LogP contribution in [0.1, 0.15) is 27.9 Å². The maximum absolute atomic E-state index is 12.8. The summed E-state index contributed by atoms with van der Waals surface area (Å²) >= 11 is 0. The molecule has 108 valence electrons. The number of carbonyl (C=O) groups is 2. The normalized spacial score (nSPS) is 10.0. The Morgan fingerprint density at radius 1 is 1.14 bits per heavy atom. The number of anilines is 1. The predicted octanol–water partition coefficient (Wildman–Crippen LogP) is 2.65. The van der Waals surface area contributed by atoms with Crippen LogP contribution in [0.15, 0.2) is 42.5 Å². The molecule has 1 N–H and O–H groups in total. The number of hydrogen-bond donors (Lipinski definition) is 1. The first-order valence-electron chi connectivity index (χ1n) is 6.31. The lowest BCUT2D eigenvalue weighted by Gasteiger charge is -2.06. The number of rotatable bonds is 4. The van der Waals surface area contributed by atoms with Gasteiger partial charge in [-0.25, -0.2) is 14.2 Å². The molecule has 5 nitrogen and oxygen atoms in total. The summed E-state index contributed by atoms with van der Waals surface area (Å²) in [5, 5.41) is 2.56. The molecule has 21 heavy (non-hydrogen) atoms. The maximum atomic E-state index is 12.8. The minimum Gasteiger partial charge on any atom is -0.461 e. The first kappa shape index (κ1) is 14.6. The van der Waals surface area contributed by atoms with E-state index < -0.39 is 17.7 Å². The summed E-state index contributed by atoms with van der Waals surface area (Å²) in [6.45, 7) is 1.91. The van der Waals surface area contributed by atoms with Crippen LogP contribution in [0.2, 0.25) is 0 Å². The Balaban J connectivity index is 2.14. The highest BCUT2D eigenvalue weighted by Gasteiger charge is 2.13. The molecule has 1 aromatic carbocycles. The summed E-state index contributed by atoms with van der Waals surface area (Å²) < 4.78 is 17.6. The van der Waals surface area contributed by atoms with Crippen molar-refractivity contribution in [3.63, 3.8) is 0 Å². The number of nitrogens with one attached hydrogen (secondary N) is 1. The summed E-state index contributed by atoms with van der Waals surface area (Å²) in [6, 6.07) is 9.81. The average molecular weight is 288 g/mol. The average Bonchev–Trinajstić information content (AvgIpc) is 2.50. The Kier molecular flexibility index (Phi) is 4.61. The number of pyridine rings is 1. The molecule has 0 radical (unpaired) electrons. The molecule has 0 saturated carbocycles. The van der Waals surface area contributed by atoms with E-state index in [2.05, 4.69) is 10.3 Å². The van der Waals surface area contributed by atoms with E-state index in [9.17, 15) is 14.0 Å². The van der Waals surface area contributed by atoms with Crippen LogP contribution in [0.5, 0.6) is 0 Å². The maximum Gasteiger partial charge on any atom is 0.356 e. The van der Waals surface area contributed by atoms with E-state index in [4.69, 9.17) is 4.74 Å². The summed E-state index contributed by atoms with van der Waals surface area (Å²) in [4.78, 5) is 27.5. The second kappa shape index (κ2) is 6.60. The highest BCUT2D eigenvalue weighted by atomic mass is 19.1. The van der Waals surface area contributed by atoms with Crippen molar-refractivity contribution in [3.05, 3.63) is 59.7 Å². The van der Waals surface area contributed by atoms with Gasteiger partial charge in [-0.1, -0.05) is 6.07 Å². The Hall–Kier alpha value is -2.76. The first-order valence-corrected chi connectivity index (χ1v) is 6.31. The highest BCUT2D eigenvalue weighted by Crippen LogP contribution is 2.10. The summed E-state index contributed by atoms with van der Waals surface area (Å²) in [7, 11) is 0. The van der Waals surface area contributed by atoms with Gasteiger partial charge in [0.15, 0.2) is 0 Å². The van der Waals surface area contributed by atoms with E-state index >= 15 is 0 Å². The first-order chi connectivity index (χ1) is 10.1. The van der Waals surface area contributed by atoms with Crippen LogP contribution in [0, 0.1) is 5.82 Å². The van der Waals surface area contributed by atoms with Crippen molar-refractivity contribution in [1.82, 2.24) is 4.98 Å². The Bertz CT molecular complexity index is 656. The lowest BCUT2D eigenvalue weighted by atomic mass is 10.2. The topological polar surface area (TPSA) is 68.3 Å². The number of hydrogen-bond acceptors (Lipinski definition) is 4. The lowest BCUT2D eigenvalue weighted by Crippen LogP contribution is -2.16. The van der Waals surface area contributed by atoms with Crippen LogP contribution >= 0.6 is 0 Å². The zero-order valence-corrected chi connectivity index (χ0v) is 11.3. The highest BCUT2D eigenvalue weighted by molar-refractivity contribution is 6.03. The van der Waals surface area contributed by atoms with Gasteiger partial charge in [-0.05, 0) is 43.3 Å². The molecule has 0 saturated heterocycles. The minimum absolute atomic E-state index is 0.0589. The van der Waals surface area contributed by atoms with Gasteiger partial charge >= 0.3 is 5.97 Å². The fraction of sp³-hybridized carbons (Fsp3) is 0.133. The van der Waals surface area contributed by atoms with Crippen LogP contribution in [0.4, 0.5) is 10.1 Å². The third kappa shape index (κ3) is 3.85. The van der Waals surface area contributed by atoms with Crippen LogP contribution in [-0.4, -0.2) is 23.5 Å². The van der Waals surface area contributed by atoms with Crippen LogP contribution in [0.3, 0.4) is 0 Å². The van der Waals surface area contributed by atoms with Crippen molar-refractivity contribution >= 4 is 17.6 Å². The quantitative estimate of drug-likeness (QED) is 0.878. The monoisotopic (exact) mass is 288 g/mol. The number of benzene rings is 1. The number of amides is 1. The molecule has 0 fully saturated rings. The van der Waals surface area contributed by atoms with Gasteiger partial charge in [0.25, 0.3) is 5.91 Å². The van der Waals surface area contributed by atoms with E-state index in [0.29, 0.717) is 5.69 Å². The van der Waals surface area contributed by atoms with Crippen molar-refractivity contribution in [2.24, 2.45) is 0 Å². The van der Waals surface area contributed by atoms with Gasteiger partial charge in [-0.3, -0.25) is 4.79 Å². The minimum atomic E-state index is -0.589. The zero-order chi connectivity index (χ0) is 15.2. The van der Waals surface area contributed by atoms with Gasteiger partial charge in [0, 0.05) is 5.69 Å². The number of aromatic nitrogens is 1. The van der Waals surface area contributed by atoms with E-state index in [1.54, 1.807) is 13.0 Å². The summed E-state index contributed by atoms with van der Waals surface area (Å²) in [6.07, 6.45) is 0. The molecular formula is C15H13FN2O3. The molecule has 0 aliphatic rings. The van der Waals surface area contributed by atoms with Crippen LogP contribution in [0.25, 0.3) is 0 Å². The second-order valence-electron chi connectivity index (χ2n) is 4.09. The summed E-state index contributed by atoms with van der Waals surface area (Å²) in [5.41, 5.74) is 0.568.